The van der Waals surface area contributed by atoms with E-state index in [0.717, 1.165) is 0 Å². The molecule has 2 heteroatoms. The van der Waals surface area contributed by atoms with Crippen LogP contribution in [0.2, 0.25) is 0 Å². The number of hydrogen-bond acceptors (Lipinski definition) is 1. The zero-order valence-electron chi connectivity index (χ0n) is 10.2. The van der Waals surface area contributed by atoms with Crippen molar-refractivity contribution in [2.24, 2.45) is 11.7 Å². The molecule has 1 fully saturated rings. The molecule has 0 spiro atoms. The number of nitrogens with two attached hydrogens (primary N) is 1. The topological polar surface area (TPSA) is 26.0 Å². The molecule has 0 heterocycles. The molecule has 0 radical (unpaired) electrons. The third kappa shape index (κ3) is 2.78. The summed E-state index contributed by atoms with van der Waals surface area (Å²) in [5.74, 6) is 0.714. The van der Waals surface area contributed by atoms with Crippen LogP contribution in [-0.4, -0.2) is 0 Å². The van der Waals surface area contributed by atoms with Crippen LogP contribution in [0, 0.1) is 19.8 Å². The molecule has 1 aromatic rings. The van der Waals surface area contributed by atoms with Crippen LogP contribution in [-0.2, 0) is 0 Å². The average Bonchev–Trinajstić information content (AvgIpc) is 2.69. The van der Waals surface area contributed by atoms with Crippen LogP contribution < -0.4 is 5.73 Å². The largest absolute Gasteiger partial charge is 0.324 e. The van der Waals surface area contributed by atoms with Crippen molar-refractivity contribution < 1.29 is 0 Å². The Balaban J connectivity index is 0.00000128. The third-order valence-electron chi connectivity index (χ3n) is 3.69. The fourth-order valence-corrected chi connectivity index (χ4v) is 2.77. The maximum atomic E-state index is 6.35. The molecule has 0 bridgehead atoms. The second-order valence-electron chi connectivity index (χ2n) is 4.93. The molecule has 2 rings (SSSR count). The highest BCUT2D eigenvalue weighted by Gasteiger charge is 2.23. The third-order valence-corrected chi connectivity index (χ3v) is 3.69. The highest BCUT2D eigenvalue weighted by molar-refractivity contribution is 5.85. The van der Waals surface area contributed by atoms with Crippen molar-refractivity contribution in [2.75, 3.05) is 0 Å². The van der Waals surface area contributed by atoms with E-state index >= 15 is 0 Å². The van der Waals surface area contributed by atoms with Gasteiger partial charge in [0.15, 0.2) is 0 Å². The summed E-state index contributed by atoms with van der Waals surface area (Å²) in [5, 5.41) is 0. The molecule has 1 nitrogen and oxygen atoms in total. The maximum absolute atomic E-state index is 6.35. The number of benzene rings is 1. The Kier molecular flexibility index (Phi) is 4.82. The molecule has 1 saturated carbocycles. The lowest BCUT2D eigenvalue weighted by Gasteiger charge is -2.21. The lowest BCUT2D eigenvalue weighted by atomic mass is 9.89. The van der Waals surface area contributed by atoms with E-state index in [4.69, 9.17) is 5.73 Å². The van der Waals surface area contributed by atoms with Gasteiger partial charge in [-0.25, -0.2) is 0 Å². The summed E-state index contributed by atoms with van der Waals surface area (Å²) in [4.78, 5) is 0. The summed E-state index contributed by atoms with van der Waals surface area (Å²) >= 11 is 0. The van der Waals surface area contributed by atoms with Crippen molar-refractivity contribution in [1.82, 2.24) is 0 Å². The summed E-state index contributed by atoms with van der Waals surface area (Å²) in [7, 11) is 0. The highest BCUT2D eigenvalue weighted by atomic mass is 35.5. The minimum atomic E-state index is 0. The van der Waals surface area contributed by atoms with Gasteiger partial charge in [-0.15, -0.1) is 12.4 Å². The first-order valence-corrected chi connectivity index (χ1v) is 6.01. The summed E-state index contributed by atoms with van der Waals surface area (Å²) in [6.07, 6.45) is 5.36. The number of hydrogen-bond donors (Lipinski definition) is 1. The molecular weight excluding hydrogens is 218 g/mol. The Morgan fingerprint density at radius 2 is 1.81 bits per heavy atom. The van der Waals surface area contributed by atoms with Crippen LogP contribution in [0.3, 0.4) is 0 Å². The fourth-order valence-electron chi connectivity index (χ4n) is 2.77. The van der Waals surface area contributed by atoms with Crippen molar-refractivity contribution in [3.05, 3.63) is 34.9 Å². The molecule has 0 amide bonds. The lowest BCUT2D eigenvalue weighted by molar-refractivity contribution is 0.443. The van der Waals surface area contributed by atoms with E-state index in [1.165, 1.54) is 42.4 Å². The molecule has 16 heavy (non-hydrogen) atoms. The number of halogens is 1. The van der Waals surface area contributed by atoms with E-state index in [-0.39, 0.29) is 18.4 Å². The van der Waals surface area contributed by atoms with Crippen molar-refractivity contribution in [2.45, 2.75) is 45.6 Å². The van der Waals surface area contributed by atoms with Crippen LogP contribution in [0.1, 0.15) is 48.4 Å². The minimum Gasteiger partial charge on any atom is -0.324 e. The smallest absolute Gasteiger partial charge is 0.0326 e. The Morgan fingerprint density at radius 1 is 1.19 bits per heavy atom. The SMILES string of the molecule is Cc1ccc([C@@H](N)C2CCCC2)c(C)c1.Cl. The molecule has 90 valence electrons. The molecule has 1 atom stereocenters. The minimum absolute atomic E-state index is 0. The fraction of sp³-hybridized carbons (Fsp3) is 0.571. The van der Waals surface area contributed by atoms with Crippen LogP contribution in [0.15, 0.2) is 18.2 Å². The second kappa shape index (κ2) is 5.70. The Hall–Kier alpha value is -0.530. The first-order valence-electron chi connectivity index (χ1n) is 6.01. The van der Waals surface area contributed by atoms with Crippen LogP contribution in [0.5, 0.6) is 0 Å². The van der Waals surface area contributed by atoms with E-state index in [2.05, 4.69) is 32.0 Å². The Labute approximate surface area is 105 Å². The quantitative estimate of drug-likeness (QED) is 0.832. The number of rotatable bonds is 2. The van der Waals surface area contributed by atoms with Gasteiger partial charge in [0.1, 0.15) is 0 Å². The summed E-state index contributed by atoms with van der Waals surface area (Å²) in [6.45, 7) is 4.31. The molecule has 2 N–H and O–H groups in total. The van der Waals surface area contributed by atoms with E-state index < -0.39 is 0 Å². The Morgan fingerprint density at radius 3 is 2.38 bits per heavy atom. The van der Waals surface area contributed by atoms with Crippen LogP contribution >= 0.6 is 12.4 Å². The Bertz CT molecular complexity index is 343. The molecule has 1 aliphatic carbocycles. The van der Waals surface area contributed by atoms with Gasteiger partial charge in [-0.1, -0.05) is 36.6 Å². The van der Waals surface area contributed by atoms with E-state index in [1.807, 2.05) is 0 Å². The van der Waals surface area contributed by atoms with E-state index in [9.17, 15) is 0 Å². The lowest BCUT2D eigenvalue weighted by Crippen LogP contribution is -2.20. The van der Waals surface area contributed by atoms with Gasteiger partial charge in [0.05, 0.1) is 0 Å². The first-order chi connectivity index (χ1) is 7.18. The molecule has 1 aliphatic rings. The van der Waals surface area contributed by atoms with Crippen molar-refractivity contribution >= 4 is 12.4 Å². The van der Waals surface area contributed by atoms with Crippen LogP contribution in [0.25, 0.3) is 0 Å². The number of aryl methyl sites for hydroxylation is 2. The van der Waals surface area contributed by atoms with Gasteiger partial charge in [-0.3, -0.25) is 0 Å². The summed E-state index contributed by atoms with van der Waals surface area (Å²) in [5.41, 5.74) is 10.4. The molecule has 0 saturated heterocycles. The summed E-state index contributed by atoms with van der Waals surface area (Å²) < 4.78 is 0. The normalized spacial score (nSPS) is 18.2. The van der Waals surface area contributed by atoms with Gasteiger partial charge in [0, 0.05) is 6.04 Å². The maximum Gasteiger partial charge on any atom is 0.0326 e. The standard InChI is InChI=1S/C14H21N.ClH/c1-10-7-8-13(11(2)9-10)14(15)12-5-3-4-6-12;/h7-9,12,14H,3-6,15H2,1-2H3;1H/t14-;/m0./s1. The van der Waals surface area contributed by atoms with Crippen molar-refractivity contribution in [3.8, 4) is 0 Å². The van der Waals surface area contributed by atoms with Gasteiger partial charge in [-0.05, 0) is 43.7 Å². The van der Waals surface area contributed by atoms with E-state index in [1.54, 1.807) is 0 Å². The first kappa shape index (κ1) is 13.5. The summed E-state index contributed by atoms with van der Waals surface area (Å²) in [6, 6.07) is 6.89. The van der Waals surface area contributed by atoms with Gasteiger partial charge in [0.2, 0.25) is 0 Å². The molecule has 0 aromatic heterocycles. The van der Waals surface area contributed by atoms with Gasteiger partial charge in [0.25, 0.3) is 0 Å². The highest BCUT2D eigenvalue weighted by Crippen LogP contribution is 2.35. The van der Waals surface area contributed by atoms with Gasteiger partial charge in [-0.2, -0.15) is 0 Å². The molecule has 0 aliphatic heterocycles. The average molecular weight is 240 g/mol. The second-order valence-corrected chi connectivity index (χ2v) is 4.93. The van der Waals surface area contributed by atoms with Gasteiger partial charge >= 0.3 is 0 Å². The predicted octanol–water partition coefficient (Wildman–Crippen LogP) is 3.92. The zero-order valence-corrected chi connectivity index (χ0v) is 11.0. The van der Waals surface area contributed by atoms with E-state index in [0.29, 0.717) is 5.92 Å². The van der Waals surface area contributed by atoms with Crippen LogP contribution in [0.4, 0.5) is 0 Å². The molecule has 0 unspecified atom stereocenters. The monoisotopic (exact) mass is 239 g/mol. The zero-order chi connectivity index (χ0) is 10.8. The van der Waals surface area contributed by atoms with Crippen molar-refractivity contribution in [1.29, 1.82) is 0 Å². The molecule has 1 aromatic carbocycles. The van der Waals surface area contributed by atoms with Crippen molar-refractivity contribution in [3.63, 3.8) is 0 Å². The predicted molar refractivity (Wildman–Crippen MR) is 72.1 cm³/mol. The van der Waals surface area contributed by atoms with Gasteiger partial charge < -0.3 is 5.73 Å². The molecular formula is C14H22ClN.